The molecule has 22 heavy (non-hydrogen) atoms. The maximum atomic E-state index is 12.8. The van der Waals surface area contributed by atoms with Crippen molar-refractivity contribution in [1.29, 1.82) is 0 Å². The van der Waals surface area contributed by atoms with Crippen LogP contribution in [0, 0.1) is 5.82 Å². The minimum absolute atomic E-state index is 0.116. The molecule has 1 fully saturated rings. The Morgan fingerprint density at radius 2 is 1.95 bits per heavy atom. The SMILES string of the molecule is O=C(NN=Cc1ccc(F)cc1)C1CN1Cc1ccccc1. The van der Waals surface area contributed by atoms with Crippen molar-refractivity contribution >= 4 is 12.1 Å². The Kier molecular flexibility index (Phi) is 4.25. The summed E-state index contributed by atoms with van der Waals surface area (Å²) in [5.74, 6) is -0.412. The summed E-state index contributed by atoms with van der Waals surface area (Å²) in [5.41, 5.74) is 4.44. The van der Waals surface area contributed by atoms with Crippen LogP contribution in [0.1, 0.15) is 11.1 Å². The zero-order valence-electron chi connectivity index (χ0n) is 11.9. The molecule has 1 amide bonds. The highest BCUT2D eigenvalue weighted by atomic mass is 19.1. The molecule has 2 aromatic carbocycles. The molecule has 1 heterocycles. The van der Waals surface area contributed by atoms with Crippen LogP contribution in [0.25, 0.3) is 0 Å². The first-order valence-electron chi connectivity index (χ1n) is 7.09. The first-order valence-corrected chi connectivity index (χ1v) is 7.09. The summed E-state index contributed by atoms with van der Waals surface area (Å²) < 4.78 is 12.8. The van der Waals surface area contributed by atoms with Gasteiger partial charge < -0.3 is 0 Å². The number of carbonyl (C=O) groups excluding carboxylic acids is 1. The van der Waals surface area contributed by atoms with Crippen LogP contribution >= 0.6 is 0 Å². The summed E-state index contributed by atoms with van der Waals surface area (Å²) in [6, 6.07) is 15.8. The molecule has 0 spiro atoms. The van der Waals surface area contributed by atoms with Gasteiger partial charge in [0.1, 0.15) is 11.9 Å². The van der Waals surface area contributed by atoms with Crippen LogP contribution in [0.3, 0.4) is 0 Å². The molecule has 4 nitrogen and oxygen atoms in total. The van der Waals surface area contributed by atoms with E-state index in [-0.39, 0.29) is 17.8 Å². The van der Waals surface area contributed by atoms with Gasteiger partial charge in [0.2, 0.25) is 0 Å². The summed E-state index contributed by atoms with van der Waals surface area (Å²) >= 11 is 0. The summed E-state index contributed by atoms with van der Waals surface area (Å²) in [6.45, 7) is 1.51. The number of carbonyl (C=O) groups is 1. The molecule has 0 radical (unpaired) electrons. The van der Waals surface area contributed by atoms with E-state index in [1.165, 1.54) is 23.9 Å². The molecular weight excluding hydrogens is 281 g/mol. The van der Waals surface area contributed by atoms with Crippen LogP contribution in [0.4, 0.5) is 4.39 Å². The van der Waals surface area contributed by atoms with Crippen LogP contribution in [-0.4, -0.2) is 29.6 Å². The zero-order valence-corrected chi connectivity index (χ0v) is 11.9. The van der Waals surface area contributed by atoms with Crippen molar-refractivity contribution in [1.82, 2.24) is 10.3 Å². The maximum absolute atomic E-state index is 12.8. The van der Waals surface area contributed by atoms with Gasteiger partial charge in [0.15, 0.2) is 0 Å². The molecule has 1 N–H and O–H groups in total. The lowest BCUT2D eigenvalue weighted by atomic mass is 10.2. The Balaban J connectivity index is 1.46. The lowest BCUT2D eigenvalue weighted by molar-refractivity contribution is -0.121. The first-order chi connectivity index (χ1) is 10.7. The molecule has 5 heteroatoms. The predicted molar refractivity (Wildman–Crippen MR) is 82.8 cm³/mol. The number of hydrogen-bond acceptors (Lipinski definition) is 3. The van der Waals surface area contributed by atoms with Gasteiger partial charge in [0.25, 0.3) is 5.91 Å². The Hall–Kier alpha value is -2.53. The van der Waals surface area contributed by atoms with Gasteiger partial charge >= 0.3 is 0 Å². The van der Waals surface area contributed by atoms with Gasteiger partial charge in [-0.1, -0.05) is 42.5 Å². The topological polar surface area (TPSA) is 44.5 Å². The van der Waals surface area contributed by atoms with E-state index in [2.05, 4.69) is 15.4 Å². The summed E-state index contributed by atoms with van der Waals surface area (Å²) in [7, 11) is 0. The van der Waals surface area contributed by atoms with E-state index in [1.54, 1.807) is 12.1 Å². The third-order valence-corrected chi connectivity index (χ3v) is 3.50. The number of hydrogen-bond donors (Lipinski definition) is 1. The molecule has 2 atom stereocenters. The summed E-state index contributed by atoms with van der Waals surface area (Å²) in [5, 5.41) is 3.90. The molecule has 0 saturated carbocycles. The highest BCUT2D eigenvalue weighted by molar-refractivity contribution is 5.86. The number of amides is 1. The molecule has 3 rings (SSSR count). The minimum Gasteiger partial charge on any atom is -0.284 e. The fourth-order valence-corrected chi connectivity index (χ4v) is 2.21. The Labute approximate surface area is 128 Å². The molecule has 0 bridgehead atoms. The van der Waals surface area contributed by atoms with Crippen molar-refractivity contribution in [2.45, 2.75) is 12.6 Å². The van der Waals surface area contributed by atoms with Crippen molar-refractivity contribution in [3.05, 3.63) is 71.5 Å². The smallest absolute Gasteiger partial charge is 0.258 e. The van der Waals surface area contributed by atoms with E-state index < -0.39 is 0 Å². The van der Waals surface area contributed by atoms with Crippen molar-refractivity contribution in [3.63, 3.8) is 0 Å². The van der Waals surface area contributed by atoms with E-state index in [0.29, 0.717) is 0 Å². The minimum atomic E-state index is -0.296. The van der Waals surface area contributed by atoms with E-state index in [1.807, 2.05) is 30.3 Å². The van der Waals surface area contributed by atoms with Crippen LogP contribution in [0.5, 0.6) is 0 Å². The number of hydrazone groups is 1. The lowest BCUT2D eigenvalue weighted by Gasteiger charge is -2.03. The average Bonchev–Trinajstić information content (AvgIpc) is 3.29. The van der Waals surface area contributed by atoms with Crippen LogP contribution in [0.15, 0.2) is 59.7 Å². The third-order valence-electron chi connectivity index (χ3n) is 3.50. The quantitative estimate of drug-likeness (QED) is 0.522. The summed E-state index contributed by atoms with van der Waals surface area (Å²) in [6.07, 6.45) is 1.50. The Morgan fingerprint density at radius 1 is 1.23 bits per heavy atom. The fourth-order valence-electron chi connectivity index (χ4n) is 2.21. The van der Waals surface area contributed by atoms with E-state index in [9.17, 15) is 9.18 Å². The van der Waals surface area contributed by atoms with E-state index in [4.69, 9.17) is 0 Å². The van der Waals surface area contributed by atoms with Crippen molar-refractivity contribution in [3.8, 4) is 0 Å². The van der Waals surface area contributed by atoms with Crippen molar-refractivity contribution in [2.24, 2.45) is 5.10 Å². The number of rotatable bonds is 5. The number of nitrogens with one attached hydrogen (secondary N) is 1. The molecule has 1 aliphatic heterocycles. The van der Waals surface area contributed by atoms with Crippen LogP contribution in [0.2, 0.25) is 0 Å². The van der Waals surface area contributed by atoms with Crippen molar-refractivity contribution in [2.75, 3.05) is 6.54 Å². The van der Waals surface area contributed by atoms with Gasteiger partial charge in [0.05, 0.1) is 6.21 Å². The number of nitrogens with zero attached hydrogens (tertiary/aromatic N) is 2. The fraction of sp³-hybridized carbons (Fsp3) is 0.176. The van der Waals surface area contributed by atoms with E-state index >= 15 is 0 Å². The maximum Gasteiger partial charge on any atom is 0.258 e. The summed E-state index contributed by atoms with van der Waals surface area (Å²) in [4.78, 5) is 14.0. The van der Waals surface area contributed by atoms with Crippen LogP contribution < -0.4 is 5.43 Å². The van der Waals surface area contributed by atoms with Crippen LogP contribution in [-0.2, 0) is 11.3 Å². The first kappa shape index (κ1) is 14.4. The molecular formula is C17H16FN3O. The Morgan fingerprint density at radius 3 is 2.68 bits per heavy atom. The van der Waals surface area contributed by atoms with Gasteiger partial charge in [-0.05, 0) is 23.3 Å². The normalized spacial score (nSPS) is 20.0. The van der Waals surface area contributed by atoms with Gasteiger partial charge in [-0.3, -0.25) is 9.69 Å². The van der Waals surface area contributed by atoms with Gasteiger partial charge in [-0.15, -0.1) is 0 Å². The Bertz CT molecular complexity index is 670. The second-order valence-electron chi connectivity index (χ2n) is 5.22. The standard InChI is InChI=1S/C17H16FN3O/c18-15-8-6-13(7-9-15)10-19-20-17(22)16-12-21(16)11-14-4-2-1-3-5-14/h1-10,16H,11-12H2,(H,20,22). The third kappa shape index (κ3) is 3.77. The predicted octanol–water partition coefficient (Wildman–Crippen LogP) is 2.16. The molecule has 2 aromatic rings. The second-order valence-corrected chi connectivity index (χ2v) is 5.22. The van der Waals surface area contributed by atoms with Gasteiger partial charge in [-0.2, -0.15) is 5.10 Å². The molecule has 1 saturated heterocycles. The van der Waals surface area contributed by atoms with E-state index in [0.717, 1.165) is 18.7 Å². The average molecular weight is 297 g/mol. The molecule has 0 aliphatic carbocycles. The molecule has 2 unspecified atom stereocenters. The lowest BCUT2D eigenvalue weighted by Crippen LogP contribution is -2.25. The van der Waals surface area contributed by atoms with Crippen molar-refractivity contribution < 1.29 is 9.18 Å². The van der Waals surface area contributed by atoms with Gasteiger partial charge in [-0.25, -0.2) is 9.82 Å². The monoisotopic (exact) mass is 297 g/mol. The second kappa shape index (κ2) is 6.49. The molecule has 0 aromatic heterocycles. The largest absolute Gasteiger partial charge is 0.284 e. The zero-order chi connectivity index (χ0) is 15.4. The number of halogens is 1. The van der Waals surface area contributed by atoms with Gasteiger partial charge in [0, 0.05) is 13.1 Å². The highest BCUT2D eigenvalue weighted by Crippen LogP contribution is 2.20. The highest BCUT2D eigenvalue weighted by Gasteiger charge is 2.39. The molecule has 112 valence electrons. The molecule has 1 aliphatic rings. The number of benzene rings is 2.